The number of aliphatic hydroxyl groups is 1. The highest BCUT2D eigenvalue weighted by molar-refractivity contribution is 6.30. The summed E-state index contributed by atoms with van der Waals surface area (Å²) < 4.78 is 5.43. The number of hydrogen-bond acceptors (Lipinski definition) is 2. The number of hydrogen-bond donors (Lipinski definition) is 1. The van der Waals surface area contributed by atoms with E-state index in [9.17, 15) is 5.11 Å². The van der Waals surface area contributed by atoms with Crippen LogP contribution in [-0.2, 0) is 4.74 Å². The highest BCUT2D eigenvalue weighted by Crippen LogP contribution is 2.31. The number of benzene rings is 1. The number of ether oxygens (including phenoxy) is 1. The molecule has 2 nitrogen and oxygen atoms in total. The largest absolute Gasteiger partial charge is 0.388 e. The van der Waals surface area contributed by atoms with Crippen molar-refractivity contribution in [3.63, 3.8) is 0 Å². The van der Waals surface area contributed by atoms with Gasteiger partial charge in [-0.15, -0.1) is 0 Å². The lowest BCUT2D eigenvalue weighted by atomic mass is 9.88. The molecule has 23 heavy (non-hydrogen) atoms. The summed E-state index contributed by atoms with van der Waals surface area (Å²) in [5.41, 5.74) is 2.39. The Morgan fingerprint density at radius 3 is 2.48 bits per heavy atom. The quantitative estimate of drug-likeness (QED) is 0.487. The zero-order valence-electron chi connectivity index (χ0n) is 14.1. The number of unbranched alkanes of at least 4 members (excludes halogenated alkanes) is 3. The minimum atomic E-state index is -0.454. The van der Waals surface area contributed by atoms with Crippen molar-refractivity contribution in [1.29, 1.82) is 0 Å². The third kappa shape index (κ3) is 6.29. The van der Waals surface area contributed by atoms with Crippen molar-refractivity contribution in [2.45, 2.75) is 58.0 Å². The average molecular weight is 337 g/mol. The van der Waals surface area contributed by atoms with E-state index in [1.54, 1.807) is 0 Å². The molecule has 2 atom stereocenters. The van der Waals surface area contributed by atoms with Crippen molar-refractivity contribution in [3.8, 4) is 0 Å². The third-order valence-electron chi connectivity index (χ3n) is 4.59. The van der Waals surface area contributed by atoms with Crippen molar-refractivity contribution >= 4 is 11.6 Å². The molecule has 1 aromatic rings. The lowest BCUT2D eigenvalue weighted by Crippen LogP contribution is -2.14. The molecule has 3 heteroatoms. The van der Waals surface area contributed by atoms with E-state index in [2.05, 4.69) is 13.0 Å². The third-order valence-corrected chi connectivity index (χ3v) is 4.84. The first-order chi connectivity index (χ1) is 11.2. The summed E-state index contributed by atoms with van der Waals surface area (Å²) in [5, 5.41) is 11.6. The van der Waals surface area contributed by atoms with Crippen molar-refractivity contribution in [3.05, 3.63) is 46.5 Å². The molecule has 0 spiro atoms. The molecule has 1 N–H and O–H groups in total. The van der Waals surface area contributed by atoms with Crippen LogP contribution >= 0.6 is 11.6 Å². The maximum Gasteiger partial charge on any atom is 0.0852 e. The molecule has 0 aliphatic carbocycles. The maximum atomic E-state index is 10.8. The van der Waals surface area contributed by atoms with Gasteiger partial charge in [0, 0.05) is 10.9 Å². The monoisotopic (exact) mass is 336 g/mol. The van der Waals surface area contributed by atoms with E-state index in [0.717, 1.165) is 38.0 Å². The summed E-state index contributed by atoms with van der Waals surface area (Å²) >= 11 is 5.96. The molecule has 0 saturated carbocycles. The van der Waals surface area contributed by atoms with Gasteiger partial charge in [-0.1, -0.05) is 68.0 Å². The smallest absolute Gasteiger partial charge is 0.0852 e. The first-order valence-corrected chi connectivity index (χ1v) is 9.29. The Labute approximate surface area is 145 Å². The molecule has 0 bridgehead atoms. The van der Waals surface area contributed by atoms with Crippen molar-refractivity contribution in [2.75, 3.05) is 13.2 Å². The number of aliphatic hydroxyl groups excluding tert-OH is 1. The Balaban J connectivity index is 2.05. The van der Waals surface area contributed by atoms with Gasteiger partial charge in [-0.25, -0.2) is 0 Å². The summed E-state index contributed by atoms with van der Waals surface area (Å²) in [6.45, 7) is 3.85. The van der Waals surface area contributed by atoms with Gasteiger partial charge in [0.25, 0.3) is 0 Å². The summed E-state index contributed by atoms with van der Waals surface area (Å²) in [6.07, 6.45) is 9.82. The molecule has 1 aliphatic heterocycles. The fourth-order valence-corrected chi connectivity index (χ4v) is 3.28. The summed E-state index contributed by atoms with van der Waals surface area (Å²) in [7, 11) is 0. The standard InChI is InChI=1S/C20H29ClO2/c1-2-3-4-5-6-18(15-16-11-13-23-14-12-16)20(22)17-7-9-19(21)10-8-17/h7-10,15,18,20,22H,2-6,11-14H2,1H3/t18-,20+/m1/s1. The van der Waals surface area contributed by atoms with E-state index in [4.69, 9.17) is 16.3 Å². The van der Waals surface area contributed by atoms with E-state index in [1.165, 1.54) is 31.3 Å². The van der Waals surface area contributed by atoms with Gasteiger partial charge >= 0.3 is 0 Å². The molecule has 128 valence electrons. The molecule has 1 fully saturated rings. The second-order valence-electron chi connectivity index (χ2n) is 6.45. The van der Waals surface area contributed by atoms with Crippen LogP contribution in [0.1, 0.15) is 63.5 Å². The average Bonchev–Trinajstić information content (AvgIpc) is 2.58. The molecular formula is C20H29ClO2. The van der Waals surface area contributed by atoms with Gasteiger partial charge in [-0.05, 0) is 37.0 Å². The molecular weight excluding hydrogens is 308 g/mol. The lowest BCUT2D eigenvalue weighted by molar-refractivity contribution is 0.112. The predicted molar refractivity (Wildman–Crippen MR) is 96.8 cm³/mol. The summed E-state index contributed by atoms with van der Waals surface area (Å²) in [4.78, 5) is 0. The van der Waals surface area contributed by atoms with Crippen molar-refractivity contribution < 1.29 is 9.84 Å². The van der Waals surface area contributed by atoms with Gasteiger partial charge in [0.1, 0.15) is 0 Å². The minimum Gasteiger partial charge on any atom is -0.388 e. The number of rotatable bonds is 8. The topological polar surface area (TPSA) is 29.5 Å². The first-order valence-electron chi connectivity index (χ1n) is 8.91. The van der Waals surface area contributed by atoms with Crippen LogP contribution < -0.4 is 0 Å². The Kier molecular flexibility index (Phi) is 8.14. The SMILES string of the molecule is CCCCCC[C@H](C=C1CCOCC1)[C@@H](O)c1ccc(Cl)cc1. The Morgan fingerprint density at radius 2 is 1.83 bits per heavy atom. The van der Waals surface area contributed by atoms with E-state index in [1.807, 2.05) is 24.3 Å². The Morgan fingerprint density at radius 1 is 1.13 bits per heavy atom. The fourth-order valence-electron chi connectivity index (χ4n) is 3.15. The van der Waals surface area contributed by atoms with Crippen LogP contribution in [0.4, 0.5) is 0 Å². The van der Waals surface area contributed by atoms with E-state index >= 15 is 0 Å². The van der Waals surface area contributed by atoms with Gasteiger partial charge < -0.3 is 9.84 Å². The van der Waals surface area contributed by atoms with Gasteiger partial charge in [0.15, 0.2) is 0 Å². The summed E-state index contributed by atoms with van der Waals surface area (Å²) in [6, 6.07) is 7.59. The van der Waals surface area contributed by atoms with Crippen molar-refractivity contribution in [2.24, 2.45) is 5.92 Å². The highest BCUT2D eigenvalue weighted by atomic mass is 35.5. The normalized spacial score (nSPS) is 17.8. The molecule has 0 unspecified atom stereocenters. The van der Waals surface area contributed by atoms with Crippen LogP contribution in [0.5, 0.6) is 0 Å². The zero-order chi connectivity index (χ0) is 16.5. The van der Waals surface area contributed by atoms with Crippen LogP contribution in [0.3, 0.4) is 0 Å². The lowest BCUT2D eigenvalue weighted by Gasteiger charge is -2.23. The first kappa shape index (κ1) is 18.5. The van der Waals surface area contributed by atoms with Crippen LogP contribution in [0.15, 0.2) is 35.9 Å². The van der Waals surface area contributed by atoms with Crippen LogP contribution in [0.2, 0.25) is 5.02 Å². The zero-order valence-corrected chi connectivity index (χ0v) is 14.9. The molecule has 2 rings (SSSR count). The molecule has 0 amide bonds. The Bertz CT molecular complexity index is 473. The molecule has 1 saturated heterocycles. The molecule has 1 aliphatic rings. The second kappa shape index (κ2) is 10.1. The minimum absolute atomic E-state index is 0.182. The molecule has 0 radical (unpaired) electrons. The van der Waals surface area contributed by atoms with E-state index in [-0.39, 0.29) is 5.92 Å². The van der Waals surface area contributed by atoms with Gasteiger partial charge in [0.05, 0.1) is 19.3 Å². The van der Waals surface area contributed by atoms with Crippen molar-refractivity contribution in [1.82, 2.24) is 0 Å². The molecule has 1 heterocycles. The maximum absolute atomic E-state index is 10.8. The highest BCUT2D eigenvalue weighted by Gasteiger charge is 2.20. The van der Waals surface area contributed by atoms with E-state index < -0.39 is 6.10 Å². The summed E-state index contributed by atoms with van der Waals surface area (Å²) in [5.74, 6) is 0.182. The van der Waals surface area contributed by atoms with Gasteiger partial charge in [-0.3, -0.25) is 0 Å². The van der Waals surface area contributed by atoms with Crippen LogP contribution in [0, 0.1) is 5.92 Å². The Hall–Kier alpha value is -0.830. The van der Waals surface area contributed by atoms with Crippen LogP contribution in [0.25, 0.3) is 0 Å². The van der Waals surface area contributed by atoms with Gasteiger partial charge in [0.2, 0.25) is 0 Å². The predicted octanol–water partition coefficient (Wildman–Crippen LogP) is 5.70. The second-order valence-corrected chi connectivity index (χ2v) is 6.88. The molecule has 1 aromatic carbocycles. The fraction of sp³-hybridized carbons (Fsp3) is 0.600. The number of halogens is 1. The molecule has 0 aromatic heterocycles. The van der Waals surface area contributed by atoms with E-state index in [0.29, 0.717) is 5.02 Å². The van der Waals surface area contributed by atoms with Gasteiger partial charge in [-0.2, -0.15) is 0 Å². The van der Waals surface area contributed by atoms with Crippen LogP contribution in [-0.4, -0.2) is 18.3 Å².